The second-order valence-corrected chi connectivity index (χ2v) is 5.92. The summed E-state index contributed by atoms with van der Waals surface area (Å²) in [5.74, 6) is 1.35. The molecule has 2 rings (SSSR count). The Kier molecular flexibility index (Phi) is 3.57. The van der Waals surface area contributed by atoms with Crippen LogP contribution in [0.3, 0.4) is 0 Å². The molecule has 4 heteroatoms. The van der Waals surface area contributed by atoms with Gasteiger partial charge in [0, 0.05) is 12.6 Å². The number of aromatic nitrogens is 2. The van der Waals surface area contributed by atoms with Gasteiger partial charge < -0.3 is 4.57 Å². The van der Waals surface area contributed by atoms with Crippen LogP contribution in [0.2, 0.25) is 0 Å². The van der Waals surface area contributed by atoms with Gasteiger partial charge in [0.15, 0.2) is 5.78 Å². The Bertz CT molecular complexity index is 601. The van der Waals surface area contributed by atoms with E-state index in [0.29, 0.717) is 0 Å². The van der Waals surface area contributed by atoms with E-state index in [-0.39, 0.29) is 16.5 Å². The van der Waals surface area contributed by atoms with Crippen LogP contribution < -0.4 is 0 Å². The van der Waals surface area contributed by atoms with Gasteiger partial charge in [-0.25, -0.2) is 4.98 Å². The Labute approximate surface area is 115 Å². The fourth-order valence-corrected chi connectivity index (χ4v) is 2.20. The van der Waals surface area contributed by atoms with Crippen LogP contribution in [0.25, 0.3) is 11.0 Å². The van der Waals surface area contributed by atoms with E-state index < -0.39 is 0 Å². The van der Waals surface area contributed by atoms with Gasteiger partial charge in [-0.3, -0.25) is 4.79 Å². The molecule has 0 aliphatic rings. The molecule has 0 fully saturated rings. The zero-order valence-corrected chi connectivity index (χ0v) is 12.7. The number of carbonyl (C=O) groups is 1. The number of fused-ring (bicyclic) bond motifs is 1. The number of ketones is 1. The minimum atomic E-state index is -0.139. The topological polar surface area (TPSA) is 34.9 Å². The summed E-state index contributed by atoms with van der Waals surface area (Å²) in [4.78, 5) is 16.6. The molecule has 0 bridgehead atoms. The zero-order valence-electron chi connectivity index (χ0n) is 11.1. The Morgan fingerprint density at radius 1 is 1.39 bits per heavy atom. The zero-order chi connectivity index (χ0) is 13.4. The van der Waals surface area contributed by atoms with Crippen molar-refractivity contribution in [2.45, 2.75) is 25.6 Å². The monoisotopic (exact) mass is 308 g/mol. The number of benzene rings is 1. The molecule has 1 aromatic heterocycles. The fourth-order valence-electron chi connectivity index (χ4n) is 1.94. The number of carbonyl (C=O) groups excluding carboxylic acids is 1. The number of rotatable bonds is 3. The van der Waals surface area contributed by atoms with Gasteiger partial charge in [0.25, 0.3) is 0 Å². The summed E-state index contributed by atoms with van der Waals surface area (Å²) < 4.78 is 2.03. The van der Waals surface area contributed by atoms with Crippen molar-refractivity contribution in [1.29, 1.82) is 0 Å². The molecule has 0 amide bonds. The molecule has 18 heavy (non-hydrogen) atoms. The van der Waals surface area contributed by atoms with Gasteiger partial charge in [0.2, 0.25) is 0 Å². The first-order valence-electron chi connectivity index (χ1n) is 6.03. The lowest BCUT2D eigenvalue weighted by molar-refractivity contribution is 0.0978. The number of halogens is 1. The normalized spacial score (nSPS) is 13.2. The molecule has 0 aliphatic carbocycles. The molecule has 0 radical (unpaired) electrons. The molecule has 0 N–H and O–H groups in total. The Balaban J connectivity index is 2.45. The highest BCUT2D eigenvalue weighted by Crippen LogP contribution is 2.21. The standard InChI is InChI=1S/C14H17BrN2O/c1-8(2)13(15)14(18)10-5-6-12-11(7-10)16-9(3)17(12)4/h5-8,13H,1-4H3. The first-order valence-corrected chi connectivity index (χ1v) is 6.94. The molecule has 0 spiro atoms. The van der Waals surface area contributed by atoms with Crippen LogP contribution in [0.1, 0.15) is 30.0 Å². The number of nitrogens with zero attached hydrogens (tertiary/aromatic N) is 2. The van der Waals surface area contributed by atoms with Crippen LogP contribution in [-0.2, 0) is 7.05 Å². The van der Waals surface area contributed by atoms with E-state index in [1.807, 2.05) is 50.6 Å². The average Bonchev–Trinajstić information content (AvgIpc) is 2.62. The number of aryl methyl sites for hydroxylation is 2. The van der Waals surface area contributed by atoms with Crippen molar-refractivity contribution in [3.63, 3.8) is 0 Å². The molecular formula is C14H17BrN2O. The van der Waals surface area contributed by atoms with E-state index in [4.69, 9.17) is 0 Å². The molecule has 0 saturated carbocycles. The minimum absolute atomic E-state index is 0.121. The highest BCUT2D eigenvalue weighted by molar-refractivity contribution is 9.10. The summed E-state index contributed by atoms with van der Waals surface area (Å²) in [6.45, 7) is 6.02. The predicted molar refractivity (Wildman–Crippen MR) is 77.3 cm³/mol. The largest absolute Gasteiger partial charge is 0.331 e. The van der Waals surface area contributed by atoms with Crippen molar-refractivity contribution in [2.24, 2.45) is 13.0 Å². The maximum absolute atomic E-state index is 12.2. The third kappa shape index (κ3) is 2.21. The van der Waals surface area contributed by atoms with Gasteiger partial charge in [0.1, 0.15) is 5.82 Å². The third-order valence-electron chi connectivity index (χ3n) is 3.22. The molecule has 1 heterocycles. The quantitative estimate of drug-likeness (QED) is 0.642. The molecule has 2 aromatic rings. The first-order chi connectivity index (χ1) is 8.41. The summed E-state index contributed by atoms with van der Waals surface area (Å²) in [7, 11) is 1.98. The van der Waals surface area contributed by atoms with E-state index in [0.717, 1.165) is 22.4 Å². The second kappa shape index (κ2) is 4.84. The average molecular weight is 309 g/mol. The first kappa shape index (κ1) is 13.3. The highest BCUT2D eigenvalue weighted by atomic mass is 79.9. The number of hydrogen-bond acceptors (Lipinski definition) is 2. The van der Waals surface area contributed by atoms with Crippen LogP contribution in [0.5, 0.6) is 0 Å². The van der Waals surface area contributed by atoms with Gasteiger partial charge in [-0.1, -0.05) is 29.8 Å². The van der Waals surface area contributed by atoms with Gasteiger partial charge in [-0.15, -0.1) is 0 Å². The molecule has 1 aromatic carbocycles. The molecule has 1 atom stereocenters. The number of Topliss-reactive ketones (excluding diaryl/α,β-unsaturated/α-hetero) is 1. The molecule has 3 nitrogen and oxygen atoms in total. The Morgan fingerprint density at radius 3 is 2.67 bits per heavy atom. The summed E-state index contributed by atoms with van der Waals surface area (Å²) in [5.41, 5.74) is 2.65. The molecule has 0 aliphatic heterocycles. The predicted octanol–water partition coefficient (Wildman–Crippen LogP) is 3.48. The summed E-state index contributed by atoms with van der Waals surface area (Å²) in [6.07, 6.45) is 0. The van der Waals surface area contributed by atoms with Crippen LogP contribution in [0, 0.1) is 12.8 Å². The van der Waals surface area contributed by atoms with Crippen molar-refractivity contribution < 1.29 is 4.79 Å². The smallest absolute Gasteiger partial charge is 0.176 e. The van der Waals surface area contributed by atoms with Crippen LogP contribution >= 0.6 is 15.9 Å². The van der Waals surface area contributed by atoms with Crippen molar-refractivity contribution >= 4 is 32.7 Å². The number of imidazole rings is 1. The van der Waals surface area contributed by atoms with E-state index in [9.17, 15) is 4.79 Å². The highest BCUT2D eigenvalue weighted by Gasteiger charge is 2.20. The van der Waals surface area contributed by atoms with Gasteiger partial charge in [0.05, 0.1) is 15.9 Å². The SMILES string of the molecule is Cc1nc2cc(C(=O)C(Br)C(C)C)ccc2n1C. The van der Waals surface area contributed by atoms with Gasteiger partial charge in [-0.2, -0.15) is 0 Å². The number of alkyl halides is 1. The van der Waals surface area contributed by atoms with Crippen molar-refractivity contribution in [3.8, 4) is 0 Å². The van der Waals surface area contributed by atoms with Gasteiger partial charge in [-0.05, 0) is 31.0 Å². The molecular weight excluding hydrogens is 292 g/mol. The van der Waals surface area contributed by atoms with Crippen LogP contribution in [0.15, 0.2) is 18.2 Å². The molecule has 0 saturated heterocycles. The summed E-state index contributed by atoms with van der Waals surface area (Å²) >= 11 is 3.45. The van der Waals surface area contributed by atoms with Gasteiger partial charge >= 0.3 is 0 Å². The lowest BCUT2D eigenvalue weighted by atomic mass is 10.0. The Hall–Kier alpha value is -1.16. The third-order valence-corrected chi connectivity index (χ3v) is 4.70. The molecule has 96 valence electrons. The summed E-state index contributed by atoms with van der Waals surface area (Å²) in [5, 5.41) is 0. The second-order valence-electron chi connectivity index (χ2n) is 4.93. The maximum atomic E-state index is 12.2. The minimum Gasteiger partial charge on any atom is -0.331 e. The number of hydrogen-bond donors (Lipinski definition) is 0. The van der Waals surface area contributed by atoms with E-state index in [1.54, 1.807) is 0 Å². The fraction of sp³-hybridized carbons (Fsp3) is 0.429. The lowest BCUT2D eigenvalue weighted by Gasteiger charge is -2.12. The lowest BCUT2D eigenvalue weighted by Crippen LogP contribution is -2.19. The van der Waals surface area contributed by atoms with Crippen LogP contribution in [0.4, 0.5) is 0 Å². The van der Waals surface area contributed by atoms with Crippen molar-refractivity contribution in [2.75, 3.05) is 0 Å². The van der Waals surface area contributed by atoms with E-state index in [2.05, 4.69) is 20.9 Å². The van der Waals surface area contributed by atoms with E-state index in [1.165, 1.54) is 0 Å². The van der Waals surface area contributed by atoms with Crippen molar-refractivity contribution in [3.05, 3.63) is 29.6 Å². The summed E-state index contributed by atoms with van der Waals surface area (Å²) in [6, 6.07) is 5.71. The van der Waals surface area contributed by atoms with Crippen molar-refractivity contribution in [1.82, 2.24) is 9.55 Å². The molecule has 1 unspecified atom stereocenters. The van der Waals surface area contributed by atoms with E-state index >= 15 is 0 Å². The Morgan fingerprint density at radius 2 is 2.06 bits per heavy atom. The maximum Gasteiger partial charge on any atom is 0.176 e. The van der Waals surface area contributed by atoms with Crippen LogP contribution in [-0.4, -0.2) is 20.2 Å².